The van der Waals surface area contributed by atoms with Crippen molar-refractivity contribution in [1.82, 2.24) is 0 Å². The molecule has 0 bridgehead atoms. The normalized spacial score (nSPS) is 12.1. The van der Waals surface area contributed by atoms with Crippen molar-refractivity contribution in [3.63, 3.8) is 0 Å². The first-order chi connectivity index (χ1) is 13.8. The molecule has 0 heterocycles. The van der Waals surface area contributed by atoms with Gasteiger partial charge in [-0.05, 0) is 47.4 Å². The van der Waals surface area contributed by atoms with Crippen LogP contribution in [0, 0.1) is 0 Å². The Morgan fingerprint density at radius 3 is 1.70 bits per heavy atom. The molecule has 0 amide bonds. The van der Waals surface area contributed by atoms with Crippen LogP contribution in [0.2, 0.25) is 0 Å². The predicted octanol–water partition coefficient (Wildman–Crippen LogP) is 3.13. The third-order valence-corrected chi connectivity index (χ3v) is 8.41. The molecule has 0 aliphatic heterocycles. The number of carbonyl (C=O) groups excluding carboxylic acids is 1. The Bertz CT molecular complexity index is 1200. The zero-order chi connectivity index (χ0) is 22.7. The maximum absolute atomic E-state index is 12.9. The number of rotatable bonds is 4. The highest BCUT2D eigenvalue weighted by atomic mass is 32.3. The van der Waals surface area contributed by atoms with Crippen molar-refractivity contribution < 1.29 is 31.2 Å². The molecule has 0 atom stereocenters. The van der Waals surface area contributed by atoms with E-state index in [2.05, 4.69) is 4.79 Å². The van der Waals surface area contributed by atoms with Crippen molar-refractivity contribution in [2.45, 2.75) is 49.3 Å². The summed E-state index contributed by atoms with van der Waals surface area (Å²) >= 11 is 0. The molecular formula is C20H22N2O6S2. The van der Waals surface area contributed by atoms with Crippen molar-refractivity contribution in [2.24, 2.45) is 0 Å². The van der Waals surface area contributed by atoms with Crippen LogP contribution >= 0.6 is 0 Å². The number of carbonyl (C=O) groups is 1. The summed E-state index contributed by atoms with van der Waals surface area (Å²) in [6.07, 6.45) is 0.133. The van der Waals surface area contributed by atoms with E-state index in [9.17, 15) is 27.2 Å². The summed E-state index contributed by atoms with van der Waals surface area (Å²) in [6.45, 7) is 7.44. The first kappa shape index (κ1) is 23.5. The van der Waals surface area contributed by atoms with Gasteiger partial charge in [-0.3, -0.25) is 4.79 Å². The molecule has 2 rings (SSSR count). The summed E-state index contributed by atoms with van der Waals surface area (Å²) in [7, 11) is -9.30. The van der Waals surface area contributed by atoms with Gasteiger partial charge in [0.1, 0.15) is 5.75 Å². The zero-order valence-corrected chi connectivity index (χ0v) is 18.6. The summed E-state index contributed by atoms with van der Waals surface area (Å²) in [4.78, 5) is 13.2. The average molecular weight is 451 g/mol. The lowest BCUT2D eigenvalue weighted by Crippen LogP contribution is -2.26. The summed E-state index contributed by atoms with van der Waals surface area (Å²) in [6, 6.07) is 10.2. The van der Waals surface area contributed by atoms with E-state index in [1.807, 2.05) is 20.8 Å². The molecular weight excluding hydrogens is 428 g/mol. The molecule has 0 saturated heterocycles. The fraction of sp³-hybridized carbons (Fsp3) is 0.300. The third-order valence-electron chi connectivity index (χ3n) is 4.23. The summed E-state index contributed by atoms with van der Waals surface area (Å²) < 4.78 is 54.9. The van der Waals surface area contributed by atoms with E-state index in [0.29, 0.717) is 0 Å². The lowest BCUT2D eigenvalue weighted by atomic mass is 9.87. The van der Waals surface area contributed by atoms with Crippen LogP contribution in [0.25, 0.3) is 5.53 Å². The Labute approximate surface area is 176 Å². The average Bonchev–Trinajstić information content (AvgIpc) is 2.67. The van der Waals surface area contributed by atoms with E-state index in [1.165, 1.54) is 24.3 Å². The molecule has 0 aromatic heterocycles. The predicted molar refractivity (Wildman–Crippen MR) is 111 cm³/mol. The Balaban J connectivity index is 2.44. The molecule has 0 saturated carbocycles. The molecule has 2 aromatic carbocycles. The Hall–Kier alpha value is -2.81. The van der Waals surface area contributed by atoms with Crippen LogP contribution in [-0.4, -0.2) is 32.0 Å². The zero-order valence-electron chi connectivity index (χ0n) is 17.0. The van der Waals surface area contributed by atoms with Gasteiger partial charge in [-0.2, -0.15) is 0 Å². The van der Waals surface area contributed by atoms with Crippen LogP contribution in [0.3, 0.4) is 0 Å². The molecule has 0 aliphatic rings. The van der Waals surface area contributed by atoms with Gasteiger partial charge in [-0.25, -0.2) is 16.8 Å². The second-order valence-corrected chi connectivity index (χ2v) is 11.4. The maximum Gasteiger partial charge on any atom is 0.504 e. The van der Waals surface area contributed by atoms with Crippen LogP contribution < -0.4 is 4.74 Å². The topological polar surface area (TPSA) is 131 Å². The third kappa shape index (κ3) is 4.84. The number of hydrogen-bond donors (Lipinski definition) is 0. The number of hydrogen-bond acceptors (Lipinski definition) is 6. The standard InChI is InChI=1S/C20H22N2O6S2/c1-5-18(23)28-15-8-12-17(13-9-15)30(26,27)19(22-21)29(24,25)16-10-6-14(7-11-16)20(2,3)4/h6-13H,5H2,1-4H3. The highest BCUT2D eigenvalue weighted by molar-refractivity contribution is 8.31. The van der Waals surface area contributed by atoms with Gasteiger partial charge < -0.3 is 10.3 Å². The molecule has 160 valence electrons. The first-order valence-corrected chi connectivity index (χ1v) is 11.9. The number of benzene rings is 2. The van der Waals surface area contributed by atoms with Crippen molar-refractivity contribution >= 4 is 30.0 Å². The van der Waals surface area contributed by atoms with Crippen LogP contribution in [0.5, 0.6) is 5.75 Å². The number of esters is 1. The Morgan fingerprint density at radius 1 is 0.900 bits per heavy atom. The lowest BCUT2D eigenvalue weighted by Gasteiger charge is -2.18. The fourth-order valence-corrected chi connectivity index (χ4v) is 5.82. The van der Waals surface area contributed by atoms with E-state index >= 15 is 0 Å². The van der Waals surface area contributed by atoms with Gasteiger partial charge in [0.15, 0.2) is 0 Å². The van der Waals surface area contributed by atoms with Crippen molar-refractivity contribution in [2.75, 3.05) is 0 Å². The monoisotopic (exact) mass is 450 g/mol. The van der Waals surface area contributed by atoms with Crippen LogP contribution in [0.4, 0.5) is 0 Å². The largest absolute Gasteiger partial charge is 0.504 e. The highest BCUT2D eigenvalue weighted by Gasteiger charge is 2.44. The second-order valence-electron chi connectivity index (χ2n) is 7.45. The summed E-state index contributed by atoms with van der Waals surface area (Å²) in [5.41, 5.74) is 9.89. The highest BCUT2D eigenvalue weighted by Crippen LogP contribution is 2.26. The maximum atomic E-state index is 12.9. The minimum atomic E-state index is -4.67. The van der Waals surface area contributed by atoms with Crippen molar-refractivity contribution in [3.05, 3.63) is 59.6 Å². The minimum Gasteiger partial charge on any atom is -0.427 e. The molecule has 0 N–H and O–H groups in total. The molecule has 0 aliphatic carbocycles. The summed E-state index contributed by atoms with van der Waals surface area (Å²) in [5, 5.41) is 0. The van der Waals surface area contributed by atoms with Gasteiger partial charge in [0.05, 0.1) is 9.79 Å². The lowest BCUT2D eigenvalue weighted by molar-refractivity contribution is -0.134. The number of sulfone groups is 2. The van der Waals surface area contributed by atoms with Crippen LogP contribution in [-0.2, 0) is 29.9 Å². The Morgan fingerprint density at radius 2 is 1.33 bits per heavy atom. The smallest absolute Gasteiger partial charge is 0.427 e. The first-order valence-electron chi connectivity index (χ1n) is 8.97. The molecule has 0 spiro atoms. The minimum absolute atomic E-state index is 0.101. The van der Waals surface area contributed by atoms with Gasteiger partial charge in [0.2, 0.25) is 0 Å². The van der Waals surface area contributed by atoms with E-state index in [0.717, 1.165) is 17.7 Å². The van der Waals surface area contributed by atoms with Crippen LogP contribution in [0.1, 0.15) is 39.7 Å². The van der Waals surface area contributed by atoms with E-state index < -0.39 is 34.9 Å². The van der Waals surface area contributed by atoms with Gasteiger partial charge in [-0.15, -0.1) is 4.79 Å². The molecule has 0 fully saturated rings. The molecule has 30 heavy (non-hydrogen) atoms. The molecule has 8 nitrogen and oxygen atoms in total. The molecule has 0 radical (unpaired) electrons. The van der Waals surface area contributed by atoms with Gasteiger partial charge in [0.25, 0.3) is 19.7 Å². The van der Waals surface area contributed by atoms with Crippen molar-refractivity contribution in [1.29, 1.82) is 0 Å². The number of nitrogens with zero attached hydrogens (tertiary/aromatic N) is 2. The Kier molecular flexibility index (Phi) is 6.66. The van der Waals surface area contributed by atoms with Gasteiger partial charge in [0, 0.05) is 6.42 Å². The fourth-order valence-electron chi connectivity index (χ4n) is 2.48. The van der Waals surface area contributed by atoms with E-state index in [-0.39, 0.29) is 22.5 Å². The molecule has 2 aromatic rings. The van der Waals surface area contributed by atoms with Crippen molar-refractivity contribution in [3.8, 4) is 5.75 Å². The van der Waals surface area contributed by atoms with E-state index in [1.54, 1.807) is 19.1 Å². The number of ether oxygens (including phenoxy) is 1. The van der Waals surface area contributed by atoms with E-state index in [4.69, 9.17) is 4.74 Å². The van der Waals surface area contributed by atoms with Gasteiger partial charge in [-0.1, -0.05) is 39.8 Å². The molecule has 10 heteroatoms. The summed E-state index contributed by atoms with van der Waals surface area (Å²) in [5.74, 6) is -0.409. The van der Waals surface area contributed by atoms with Crippen LogP contribution in [0.15, 0.2) is 58.3 Å². The van der Waals surface area contributed by atoms with Gasteiger partial charge >= 0.3 is 10.3 Å². The quantitative estimate of drug-likeness (QED) is 0.176. The SMILES string of the molecule is CCC(=O)Oc1ccc(S(=O)(=O)C(=[N+]=[N-])S(=O)(=O)c2ccc(C(C)(C)C)cc2)cc1. The molecule has 0 unspecified atom stereocenters. The second kappa shape index (κ2) is 8.51.